The topological polar surface area (TPSA) is 40.8 Å². The lowest BCUT2D eigenvalue weighted by atomic mass is 10.2. The molecule has 64 valence electrons. The molecule has 1 aromatic rings. The summed E-state index contributed by atoms with van der Waals surface area (Å²) >= 11 is 0. The molecule has 0 aliphatic carbocycles. The number of methoxy groups -OCH3 is 2. The smallest absolute Gasteiger partial charge is 0.127 e. The normalized spacial score (nSPS) is 9.58. The molecule has 0 saturated heterocycles. The number of hydrogen-bond acceptors (Lipinski definition) is 2. The van der Waals surface area contributed by atoms with Gasteiger partial charge < -0.3 is 9.47 Å². The minimum Gasteiger partial charge on any atom is -0.497 e. The van der Waals surface area contributed by atoms with Crippen molar-refractivity contribution in [3.8, 4) is 11.5 Å². The van der Waals surface area contributed by atoms with E-state index >= 15 is 0 Å². The molecule has 0 heterocycles. The molecule has 2 radical (unpaired) electrons. The van der Waals surface area contributed by atoms with E-state index in [0.29, 0.717) is 5.75 Å². The van der Waals surface area contributed by atoms with Gasteiger partial charge in [0.25, 0.3) is 0 Å². The van der Waals surface area contributed by atoms with E-state index in [1.807, 2.05) is 0 Å². The number of nitrogens with zero attached hydrogens (tertiary/aromatic N) is 1. The molecule has 0 fully saturated rings. The molecular weight excluding hydrogens is 154 g/mol. The van der Waals surface area contributed by atoms with E-state index in [-0.39, 0.29) is 6.54 Å². The van der Waals surface area contributed by atoms with Crippen molar-refractivity contribution >= 4 is 0 Å². The zero-order valence-electron chi connectivity index (χ0n) is 7.20. The maximum absolute atomic E-state index is 8.89. The Labute approximate surface area is 72.1 Å². The zero-order chi connectivity index (χ0) is 8.97. The van der Waals surface area contributed by atoms with E-state index in [0.717, 1.165) is 11.3 Å². The standard InChI is InChI=1S/C9H11NO2/c1-11-8-4-3-7(6-10)9(5-8)12-2/h3-5H,6H2,1-2H3. The molecule has 3 heteroatoms. The first-order chi connectivity index (χ1) is 5.81. The fraction of sp³-hybridized carbons (Fsp3) is 0.333. The molecule has 0 atom stereocenters. The van der Waals surface area contributed by atoms with Gasteiger partial charge in [-0.2, -0.15) is 0 Å². The molecular formula is C9H11NO2. The van der Waals surface area contributed by atoms with Crippen LogP contribution in [0.4, 0.5) is 0 Å². The third kappa shape index (κ3) is 1.68. The molecule has 1 aromatic carbocycles. The Morgan fingerprint density at radius 1 is 1.25 bits per heavy atom. The van der Waals surface area contributed by atoms with Crippen LogP contribution in [0.1, 0.15) is 5.56 Å². The lowest BCUT2D eigenvalue weighted by Gasteiger charge is -2.07. The fourth-order valence-corrected chi connectivity index (χ4v) is 0.982. The van der Waals surface area contributed by atoms with Crippen molar-refractivity contribution in [2.75, 3.05) is 14.2 Å². The van der Waals surface area contributed by atoms with Crippen molar-refractivity contribution in [1.29, 1.82) is 0 Å². The molecule has 0 amide bonds. The van der Waals surface area contributed by atoms with Crippen LogP contribution in [0.15, 0.2) is 18.2 Å². The van der Waals surface area contributed by atoms with Crippen LogP contribution < -0.4 is 15.2 Å². The van der Waals surface area contributed by atoms with Gasteiger partial charge in [0.15, 0.2) is 0 Å². The van der Waals surface area contributed by atoms with Crippen molar-refractivity contribution in [3.63, 3.8) is 0 Å². The highest BCUT2D eigenvalue weighted by Gasteiger charge is 2.02. The van der Waals surface area contributed by atoms with Crippen LogP contribution in [-0.2, 0) is 6.54 Å². The number of ether oxygens (including phenoxy) is 2. The molecule has 0 unspecified atom stereocenters. The molecule has 0 N–H and O–H groups in total. The Bertz CT molecular complexity index is 261. The van der Waals surface area contributed by atoms with E-state index in [9.17, 15) is 0 Å². The average molecular weight is 165 g/mol. The van der Waals surface area contributed by atoms with E-state index < -0.39 is 0 Å². The summed E-state index contributed by atoms with van der Waals surface area (Å²) in [6.07, 6.45) is 0. The zero-order valence-corrected chi connectivity index (χ0v) is 7.20. The second kappa shape index (κ2) is 3.97. The van der Waals surface area contributed by atoms with Crippen LogP contribution in [-0.4, -0.2) is 14.2 Å². The molecule has 0 bridgehead atoms. The minimum absolute atomic E-state index is 0.0207. The maximum atomic E-state index is 8.89. The summed E-state index contributed by atoms with van der Waals surface area (Å²) < 4.78 is 10.0. The molecule has 0 aromatic heterocycles. The van der Waals surface area contributed by atoms with E-state index in [1.165, 1.54) is 0 Å². The Morgan fingerprint density at radius 3 is 2.50 bits per heavy atom. The first-order valence-electron chi connectivity index (χ1n) is 3.63. The van der Waals surface area contributed by atoms with Crippen molar-refractivity contribution < 1.29 is 9.47 Å². The van der Waals surface area contributed by atoms with Gasteiger partial charge in [0.05, 0.1) is 20.8 Å². The summed E-state index contributed by atoms with van der Waals surface area (Å²) in [5.74, 6) is 1.38. The quantitative estimate of drug-likeness (QED) is 0.676. The fourth-order valence-electron chi connectivity index (χ4n) is 0.982. The average Bonchev–Trinajstić information content (AvgIpc) is 2.16. The van der Waals surface area contributed by atoms with E-state index in [2.05, 4.69) is 0 Å². The maximum Gasteiger partial charge on any atom is 0.127 e. The van der Waals surface area contributed by atoms with Gasteiger partial charge in [0.1, 0.15) is 11.5 Å². The van der Waals surface area contributed by atoms with Gasteiger partial charge in [-0.25, -0.2) is 0 Å². The Morgan fingerprint density at radius 2 is 2.00 bits per heavy atom. The molecule has 3 nitrogen and oxygen atoms in total. The summed E-state index contributed by atoms with van der Waals surface area (Å²) in [7, 11) is 3.15. The summed E-state index contributed by atoms with van der Waals surface area (Å²) in [4.78, 5) is 0. The van der Waals surface area contributed by atoms with Crippen molar-refractivity contribution in [3.05, 3.63) is 23.8 Å². The predicted molar refractivity (Wildman–Crippen MR) is 45.4 cm³/mol. The van der Waals surface area contributed by atoms with Gasteiger partial charge in [0.2, 0.25) is 0 Å². The van der Waals surface area contributed by atoms with Crippen LogP contribution in [0.2, 0.25) is 0 Å². The largest absolute Gasteiger partial charge is 0.497 e. The molecule has 0 aliphatic rings. The third-order valence-electron chi connectivity index (χ3n) is 1.66. The highest BCUT2D eigenvalue weighted by Crippen LogP contribution is 2.23. The second-order valence-electron chi connectivity index (χ2n) is 2.34. The molecule has 1 rings (SSSR count). The van der Waals surface area contributed by atoms with Crippen LogP contribution in [0.5, 0.6) is 11.5 Å². The van der Waals surface area contributed by atoms with Crippen LogP contribution in [0, 0.1) is 0 Å². The summed E-state index contributed by atoms with van der Waals surface area (Å²) in [6, 6.07) is 5.30. The van der Waals surface area contributed by atoms with Gasteiger partial charge in [-0.3, -0.25) is 0 Å². The first kappa shape index (κ1) is 8.87. The lowest BCUT2D eigenvalue weighted by Crippen LogP contribution is -1.93. The van der Waals surface area contributed by atoms with Gasteiger partial charge in [-0.05, 0) is 6.07 Å². The van der Waals surface area contributed by atoms with Gasteiger partial charge in [-0.1, -0.05) is 6.07 Å². The van der Waals surface area contributed by atoms with Crippen LogP contribution in [0.3, 0.4) is 0 Å². The summed E-state index contributed by atoms with van der Waals surface area (Å²) in [5.41, 5.74) is 9.65. The SMILES string of the molecule is COc1ccc(C[N])c(OC)c1. The monoisotopic (exact) mass is 165 g/mol. The second-order valence-corrected chi connectivity index (χ2v) is 2.34. The van der Waals surface area contributed by atoms with Crippen molar-refractivity contribution in [2.45, 2.75) is 6.54 Å². The van der Waals surface area contributed by atoms with Crippen molar-refractivity contribution in [2.24, 2.45) is 0 Å². The molecule has 12 heavy (non-hydrogen) atoms. The highest BCUT2D eigenvalue weighted by molar-refractivity contribution is 5.40. The number of rotatable bonds is 3. The van der Waals surface area contributed by atoms with Crippen LogP contribution >= 0.6 is 0 Å². The molecule has 0 saturated carbocycles. The molecule has 0 aliphatic heterocycles. The van der Waals surface area contributed by atoms with Gasteiger partial charge >= 0.3 is 0 Å². The van der Waals surface area contributed by atoms with Gasteiger partial charge in [-0.15, -0.1) is 5.73 Å². The summed E-state index contributed by atoms with van der Waals surface area (Å²) in [5, 5.41) is 0. The highest BCUT2D eigenvalue weighted by atomic mass is 16.5. The van der Waals surface area contributed by atoms with E-state index in [4.69, 9.17) is 15.2 Å². The Kier molecular flexibility index (Phi) is 2.94. The number of hydrogen-bond donors (Lipinski definition) is 0. The minimum atomic E-state index is -0.0207. The number of benzene rings is 1. The van der Waals surface area contributed by atoms with Crippen molar-refractivity contribution in [1.82, 2.24) is 5.73 Å². The van der Waals surface area contributed by atoms with Gasteiger partial charge in [0, 0.05) is 11.6 Å². The summed E-state index contributed by atoms with van der Waals surface area (Å²) in [6.45, 7) is -0.0207. The Balaban J connectivity index is 3.02. The lowest BCUT2D eigenvalue weighted by molar-refractivity contribution is 0.391. The third-order valence-corrected chi connectivity index (χ3v) is 1.66. The van der Waals surface area contributed by atoms with Crippen LogP contribution in [0.25, 0.3) is 0 Å². The predicted octanol–water partition coefficient (Wildman–Crippen LogP) is 1.27. The first-order valence-corrected chi connectivity index (χ1v) is 3.63. The Hall–Kier alpha value is -1.22. The molecule has 0 spiro atoms. The van der Waals surface area contributed by atoms with E-state index in [1.54, 1.807) is 32.4 Å².